The van der Waals surface area contributed by atoms with Crippen molar-refractivity contribution in [2.75, 3.05) is 32.7 Å². The molecule has 3 rings (SSSR count). The van der Waals surface area contributed by atoms with Gasteiger partial charge in [0.2, 0.25) is 0 Å². The van der Waals surface area contributed by atoms with Gasteiger partial charge in [-0.2, -0.15) is 5.10 Å². The Kier molecular flexibility index (Phi) is 5.08. The van der Waals surface area contributed by atoms with Gasteiger partial charge in [0.15, 0.2) is 0 Å². The molecular weight excluding hydrogens is 303 g/mol. The number of nitrogens with zero attached hydrogens (tertiary/aromatic N) is 4. The highest BCUT2D eigenvalue weighted by atomic mass is 35.5. The zero-order valence-corrected chi connectivity index (χ0v) is 13.2. The molecule has 118 valence electrons. The van der Waals surface area contributed by atoms with Gasteiger partial charge in [-0.25, -0.2) is 4.39 Å². The first-order valence-corrected chi connectivity index (χ1v) is 7.94. The maximum absolute atomic E-state index is 12.9. The van der Waals surface area contributed by atoms with Crippen LogP contribution in [0.15, 0.2) is 36.7 Å². The topological polar surface area (TPSA) is 24.3 Å². The van der Waals surface area contributed by atoms with E-state index in [1.807, 2.05) is 23.0 Å². The maximum atomic E-state index is 12.9. The fourth-order valence-corrected chi connectivity index (χ4v) is 2.88. The lowest BCUT2D eigenvalue weighted by molar-refractivity contribution is 0.123. The van der Waals surface area contributed by atoms with Crippen molar-refractivity contribution in [2.45, 2.75) is 13.1 Å². The summed E-state index contributed by atoms with van der Waals surface area (Å²) in [6.07, 6.45) is 3.52. The maximum Gasteiger partial charge on any atom is 0.123 e. The molecule has 0 N–H and O–H groups in total. The molecule has 0 spiro atoms. The summed E-state index contributed by atoms with van der Waals surface area (Å²) >= 11 is 5.86. The molecule has 1 aromatic heterocycles. The SMILES string of the molecule is Fc1ccc(CN2CCN(CCn3cc(Cl)cn3)CC2)cc1. The summed E-state index contributed by atoms with van der Waals surface area (Å²) in [4.78, 5) is 4.85. The van der Waals surface area contributed by atoms with E-state index >= 15 is 0 Å². The second-order valence-corrected chi connectivity index (χ2v) is 6.10. The van der Waals surface area contributed by atoms with Gasteiger partial charge in [0, 0.05) is 45.5 Å². The highest BCUT2D eigenvalue weighted by Gasteiger charge is 2.16. The predicted molar refractivity (Wildman–Crippen MR) is 85.4 cm³/mol. The monoisotopic (exact) mass is 322 g/mol. The van der Waals surface area contributed by atoms with Crippen molar-refractivity contribution >= 4 is 11.6 Å². The minimum absolute atomic E-state index is 0.174. The molecule has 0 atom stereocenters. The minimum atomic E-state index is -0.174. The van der Waals surface area contributed by atoms with Gasteiger partial charge in [0.25, 0.3) is 0 Å². The molecular formula is C16H20ClFN4. The molecule has 0 radical (unpaired) electrons. The van der Waals surface area contributed by atoms with Crippen LogP contribution in [0.2, 0.25) is 5.02 Å². The molecule has 0 aliphatic carbocycles. The molecule has 2 heterocycles. The number of aromatic nitrogens is 2. The van der Waals surface area contributed by atoms with Gasteiger partial charge in [-0.15, -0.1) is 0 Å². The van der Waals surface area contributed by atoms with Gasteiger partial charge < -0.3 is 0 Å². The van der Waals surface area contributed by atoms with Gasteiger partial charge >= 0.3 is 0 Å². The lowest BCUT2D eigenvalue weighted by atomic mass is 10.2. The summed E-state index contributed by atoms with van der Waals surface area (Å²) in [6, 6.07) is 6.79. The lowest BCUT2D eigenvalue weighted by Crippen LogP contribution is -2.46. The van der Waals surface area contributed by atoms with E-state index < -0.39 is 0 Å². The molecule has 4 nitrogen and oxygen atoms in total. The second kappa shape index (κ2) is 7.22. The molecule has 1 aromatic carbocycles. The van der Waals surface area contributed by atoms with E-state index in [1.54, 1.807) is 6.20 Å². The van der Waals surface area contributed by atoms with Gasteiger partial charge in [0.1, 0.15) is 5.82 Å². The van der Waals surface area contributed by atoms with Crippen molar-refractivity contribution in [1.29, 1.82) is 0 Å². The second-order valence-electron chi connectivity index (χ2n) is 5.67. The van der Waals surface area contributed by atoms with Crippen LogP contribution in [0.25, 0.3) is 0 Å². The van der Waals surface area contributed by atoms with Crippen LogP contribution < -0.4 is 0 Å². The Labute approximate surface area is 135 Å². The molecule has 0 amide bonds. The van der Waals surface area contributed by atoms with Crippen molar-refractivity contribution in [2.24, 2.45) is 0 Å². The number of benzene rings is 1. The van der Waals surface area contributed by atoms with E-state index in [1.165, 1.54) is 17.7 Å². The van der Waals surface area contributed by atoms with E-state index in [2.05, 4.69) is 14.9 Å². The zero-order valence-electron chi connectivity index (χ0n) is 12.5. The van der Waals surface area contributed by atoms with Crippen LogP contribution in [-0.4, -0.2) is 52.3 Å². The Hall–Kier alpha value is -1.43. The summed E-state index contributed by atoms with van der Waals surface area (Å²) in [5.74, 6) is -0.174. The average molecular weight is 323 g/mol. The van der Waals surface area contributed by atoms with Gasteiger partial charge in [0.05, 0.1) is 17.8 Å². The average Bonchev–Trinajstić information content (AvgIpc) is 2.94. The van der Waals surface area contributed by atoms with Crippen LogP contribution in [-0.2, 0) is 13.1 Å². The Balaban J connectivity index is 1.41. The van der Waals surface area contributed by atoms with Gasteiger partial charge in [-0.3, -0.25) is 14.5 Å². The molecule has 6 heteroatoms. The summed E-state index contributed by atoms with van der Waals surface area (Å²) in [5.41, 5.74) is 1.17. The first-order chi connectivity index (χ1) is 10.7. The molecule has 1 aliphatic heterocycles. The first-order valence-electron chi connectivity index (χ1n) is 7.56. The molecule has 1 fully saturated rings. The molecule has 1 aliphatic rings. The Bertz CT molecular complexity index is 590. The Morgan fingerprint density at radius 3 is 2.32 bits per heavy atom. The van der Waals surface area contributed by atoms with Crippen LogP contribution in [0.3, 0.4) is 0 Å². The van der Waals surface area contributed by atoms with E-state index in [0.29, 0.717) is 5.02 Å². The molecule has 22 heavy (non-hydrogen) atoms. The van der Waals surface area contributed by atoms with Crippen molar-refractivity contribution in [1.82, 2.24) is 19.6 Å². The van der Waals surface area contributed by atoms with E-state index in [9.17, 15) is 4.39 Å². The Morgan fingerprint density at radius 1 is 1.00 bits per heavy atom. The largest absolute Gasteiger partial charge is 0.299 e. The third-order valence-corrected chi connectivity index (χ3v) is 4.23. The number of halogens is 2. The minimum Gasteiger partial charge on any atom is -0.299 e. The van der Waals surface area contributed by atoms with Crippen LogP contribution in [0.4, 0.5) is 4.39 Å². The summed E-state index contributed by atoms with van der Waals surface area (Å²) in [5, 5.41) is 4.88. The number of hydrogen-bond donors (Lipinski definition) is 0. The molecule has 0 bridgehead atoms. The first kappa shape index (κ1) is 15.5. The van der Waals surface area contributed by atoms with Crippen molar-refractivity contribution < 1.29 is 4.39 Å². The number of rotatable bonds is 5. The Morgan fingerprint density at radius 2 is 1.68 bits per heavy atom. The zero-order chi connectivity index (χ0) is 15.4. The lowest BCUT2D eigenvalue weighted by Gasteiger charge is -2.34. The number of hydrogen-bond acceptors (Lipinski definition) is 3. The fourth-order valence-electron chi connectivity index (χ4n) is 2.72. The predicted octanol–water partition coefficient (Wildman–Crippen LogP) is 2.49. The smallest absolute Gasteiger partial charge is 0.123 e. The highest BCUT2D eigenvalue weighted by Crippen LogP contribution is 2.10. The summed E-state index contributed by atoms with van der Waals surface area (Å²) < 4.78 is 14.8. The van der Waals surface area contributed by atoms with E-state index in [-0.39, 0.29) is 5.82 Å². The van der Waals surface area contributed by atoms with Crippen LogP contribution in [0, 0.1) is 5.82 Å². The fraction of sp³-hybridized carbons (Fsp3) is 0.438. The van der Waals surface area contributed by atoms with Crippen molar-refractivity contribution in [3.05, 3.63) is 53.1 Å². The van der Waals surface area contributed by atoms with Crippen LogP contribution in [0.5, 0.6) is 0 Å². The third kappa shape index (κ3) is 4.29. The normalized spacial score (nSPS) is 17.0. The quantitative estimate of drug-likeness (QED) is 0.845. The molecule has 1 saturated heterocycles. The molecule has 0 saturated carbocycles. The number of piperazine rings is 1. The molecule has 2 aromatic rings. The summed E-state index contributed by atoms with van der Waals surface area (Å²) in [6.45, 7) is 6.93. The van der Waals surface area contributed by atoms with Gasteiger partial charge in [-0.1, -0.05) is 23.7 Å². The van der Waals surface area contributed by atoms with E-state index in [4.69, 9.17) is 11.6 Å². The third-order valence-electron chi connectivity index (χ3n) is 4.03. The van der Waals surface area contributed by atoms with Crippen LogP contribution in [0.1, 0.15) is 5.56 Å². The van der Waals surface area contributed by atoms with Crippen molar-refractivity contribution in [3.8, 4) is 0 Å². The standard InChI is InChI=1S/C16H20ClFN4/c17-15-11-19-22(13-15)10-9-20-5-7-21(8-6-20)12-14-1-3-16(18)4-2-14/h1-4,11,13H,5-10,12H2. The van der Waals surface area contributed by atoms with Crippen molar-refractivity contribution in [3.63, 3.8) is 0 Å². The summed E-state index contributed by atoms with van der Waals surface area (Å²) in [7, 11) is 0. The van der Waals surface area contributed by atoms with E-state index in [0.717, 1.165) is 45.8 Å². The van der Waals surface area contributed by atoms with Crippen LogP contribution >= 0.6 is 11.6 Å². The highest BCUT2D eigenvalue weighted by molar-refractivity contribution is 6.30. The molecule has 0 unspecified atom stereocenters. The van der Waals surface area contributed by atoms with Gasteiger partial charge in [-0.05, 0) is 17.7 Å².